The summed E-state index contributed by atoms with van der Waals surface area (Å²) >= 11 is 0. The number of rotatable bonds is 8. The number of primary amides is 1. The fourth-order valence-electron chi connectivity index (χ4n) is 3.57. The van der Waals surface area contributed by atoms with Crippen LogP contribution in [0.3, 0.4) is 0 Å². The molecular weight excluding hydrogens is 355 g/mol. The summed E-state index contributed by atoms with van der Waals surface area (Å²) in [5, 5.41) is 0. The maximum absolute atomic E-state index is 14.4. The third kappa shape index (κ3) is 4.77. The molecule has 0 aliphatic carbocycles. The minimum atomic E-state index is -0.360. The van der Waals surface area contributed by atoms with Crippen molar-refractivity contribution in [2.24, 2.45) is 22.6 Å². The van der Waals surface area contributed by atoms with Gasteiger partial charge in [-0.3, -0.25) is 4.79 Å². The zero-order valence-electron chi connectivity index (χ0n) is 16.4. The van der Waals surface area contributed by atoms with Crippen molar-refractivity contribution in [3.05, 3.63) is 59.9 Å². The maximum Gasteiger partial charge on any atom is 0.218 e. The normalized spacial score (nSPS) is 18.2. The van der Waals surface area contributed by atoms with Gasteiger partial charge in [0, 0.05) is 18.8 Å². The van der Waals surface area contributed by atoms with Crippen molar-refractivity contribution < 1.29 is 13.9 Å². The zero-order valence-corrected chi connectivity index (χ0v) is 16.4. The van der Waals surface area contributed by atoms with Gasteiger partial charge in [-0.1, -0.05) is 56.7 Å². The number of amides is 1. The van der Waals surface area contributed by atoms with Gasteiger partial charge >= 0.3 is 0 Å². The minimum absolute atomic E-state index is 0.118. The van der Waals surface area contributed by atoms with Crippen LogP contribution in [-0.4, -0.2) is 24.5 Å². The van der Waals surface area contributed by atoms with Crippen molar-refractivity contribution in [3.63, 3.8) is 0 Å². The average molecular weight is 382 g/mol. The minimum Gasteiger partial charge on any atom is -0.478 e. The molecule has 1 aliphatic rings. The molecule has 1 aliphatic heterocycles. The second-order valence-corrected chi connectivity index (χ2v) is 7.47. The largest absolute Gasteiger partial charge is 0.478 e. The molecule has 2 aromatic carbocycles. The van der Waals surface area contributed by atoms with E-state index >= 15 is 0 Å². The van der Waals surface area contributed by atoms with Gasteiger partial charge in [0.2, 0.25) is 5.91 Å². The van der Waals surface area contributed by atoms with Crippen LogP contribution in [0.25, 0.3) is 11.1 Å². The van der Waals surface area contributed by atoms with Crippen LogP contribution in [-0.2, 0) is 16.0 Å². The number of halogens is 1. The Labute approximate surface area is 165 Å². The lowest BCUT2D eigenvalue weighted by Gasteiger charge is -2.20. The first-order valence-electron chi connectivity index (χ1n) is 9.80. The Kier molecular flexibility index (Phi) is 6.45. The Morgan fingerprint density at radius 1 is 1.25 bits per heavy atom. The van der Waals surface area contributed by atoms with Crippen LogP contribution >= 0.6 is 0 Å². The Morgan fingerprint density at radius 3 is 2.68 bits per heavy atom. The summed E-state index contributed by atoms with van der Waals surface area (Å²) in [4.78, 5) is 16.1. The summed E-state index contributed by atoms with van der Waals surface area (Å²) in [5.74, 6) is 0.106. The second kappa shape index (κ2) is 9.00. The highest BCUT2D eigenvalue weighted by Gasteiger charge is 2.31. The van der Waals surface area contributed by atoms with E-state index in [4.69, 9.17) is 10.5 Å². The second-order valence-electron chi connectivity index (χ2n) is 7.47. The summed E-state index contributed by atoms with van der Waals surface area (Å²) in [6.07, 6.45) is 1.58. The van der Waals surface area contributed by atoms with Crippen molar-refractivity contribution >= 4 is 11.8 Å². The van der Waals surface area contributed by atoms with Gasteiger partial charge in [0.1, 0.15) is 12.4 Å². The first kappa shape index (κ1) is 20.1. The Morgan fingerprint density at radius 2 is 2.00 bits per heavy atom. The lowest BCUT2D eigenvalue weighted by atomic mass is 9.88. The van der Waals surface area contributed by atoms with E-state index < -0.39 is 0 Å². The molecule has 5 heteroatoms. The van der Waals surface area contributed by atoms with E-state index in [-0.39, 0.29) is 36.0 Å². The molecule has 4 nitrogen and oxygen atoms in total. The van der Waals surface area contributed by atoms with Gasteiger partial charge < -0.3 is 10.5 Å². The van der Waals surface area contributed by atoms with Crippen molar-refractivity contribution in [1.29, 1.82) is 0 Å². The molecule has 0 radical (unpaired) electrons. The first-order valence-corrected chi connectivity index (χ1v) is 9.80. The molecule has 0 saturated heterocycles. The highest BCUT2D eigenvalue weighted by molar-refractivity contribution is 5.86. The van der Waals surface area contributed by atoms with Crippen LogP contribution in [0.5, 0.6) is 0 Å². The molecule has 0 fully saturated rings. The van der Waals surface area contributed by atoms with Crippen molar-refractivity contribution in [1.82, 2.24) is 0 Å². The smallest absolute Gasteiger partial charge is 0.218 e. The highest BCUT2D eigenvalue weighted by Crippen LogP contribution is 2.27. The summed E-state index contributed by atoms with van der Waals surface area (Å²) in [7, 11) is 0. The molecule has 28 heavy (non-hydrogen) atoms. The monoisotopic (exact) mass is 382 g/mol. The number of aliphatic imine (C=N–C) groups is 1. The molecule has 2 N–H and O–H groups in total. The van der Waals surface area contributed by atoms with E-state index in [0.29, 0.717) is 24.5 Å². The molecule has 1 heterocycles. The van der Waals surface area contributed by atoms with Gasteiger partial charge in [0.05, 0.1) is 6.04 Å². The number of benzene rings is 2. The van der Waals surface area contributed by atoms with E-state index in [1.807, 2.05) is 36.4 Å². The van der Waals surface area contributed by atoms with Crippen LogP contribution in [0.2, 0.25) is 0 Å². The lowest BCUT2D eigenvalue weighted by molar-refractivity contribution is -0.118. The summed E-state index contributed by atoms with van der Waals surface area (Å²) in [6.45, 7) is 4.53. The van der Waals surface area contributed by atoms with Crippen molar-refractivity contribution in [3.8, 4) is 11.1 Å². The van der Waals surface area contributed by atoms with Gasteiger partial charge in [0.15, 0.2) is 5.90 Å². The number of carbonyl (C=O) groups is 1. The summed E-state index contributed by atoms with van der Waals surface area (Å²) in [6, 6.07) is 14.9. The molecule has 2 aromatic rings. The molecular formula is C23H27FN2O2. The van der Waals surface area contributed by atoms with E-state index in [1.54, 1.807) is 6.07 Å². The fourth-order valence-corrected chi connectivity index (χ4v) is 3.57. The molecule has 1 amide bonds. The predicted octanol–water partition coefficient (Wildman–Crippen LogP) is 4.37. The van der Waals surface area contributed by atoms with Gasteiger partial charge in [0.25, 0.3) is 0 Å². The van der Waals surface area contributed by atoms with Crippen LogP contribution in [0.15, 0.2) is 53.5 Å². The highest BCUT2D eigenvalue weighted by atomic mass is 19.1. The molecule has 148 valence electrons. The predicted molar refractivity (Wildman–Crippen MR) is 109 cm³/mol. The number of nitrogens with zero attached hydrogens (tertiary/aromatic N) is 1. The van der Waals surface area contributed by atoms with Crippen molar-refractivity contribution in [2.75, 3.05) is 6.61 Å². The molecule has 0 saturated carbocycles. The molecule has 0 bridgehead atoms. The average Bonchev–Trinajstić information content (AvgIpc) is 3.16. The van der Waals surface area contributed by atoms with E-state index in [1.165, 1.54) is 6.07 Å². The van der Waals surface area contributed by atoms with E-state index in [0.717, 1.165) is 17.5 Å². The van der Waals surface area contributed by atoms with Crippen LogP contribution in [0.1, 0.15) is 32.3 Å². The van der Waals surface area contributed by atoms with E-state index in [9.17, 15) is 9.18 Å². The van der Waals surface area contributed by atoms with Gasteiger partial charge in [-0.25, -0.2) is 9.38 Å². The third-order valence-electron chi connectivity index (χ3n) is 5.41. The molecule has 0 spiro atoms. The number of nitrogens with two attached hydrogens (primary N) is 1. The Bertz CT molecular complexity index is 851. The Balaban J connectivity index is 1.78. The van der Waals surface area contributed by atoms with E-state index in [2.05, 4.69) is 18.8 Å². The molecule has 0 aromatic heterocycles. The number of hydrogen-bond donors (Lipinski definition) is 1. The summed E-state index contributed by atoms with van der Waals surface area (Å²) < 4.78 is 20.2. The van der Waals surface area contributed by atoms with Gasteiger partial charge in [-0.15, -0.1) is 0 Å². The number of ether oxygens (including phenoxy) is 1. The van der Waals surface area contributed by atoms with Gasteiger partial charge in [-0.2, -0.15) is 0 Å². The molecule has 3 atom stereocenters. The molecule has 0 unspecified atom stereocenters. The van der Waals surface area contributed by atoms with Crippen LogP contribution in [0, 0.1) is 17.7 Å². The Hall–Kier alpha value is -2.69. The number of hydrogen-bond acceptors (Lipinski definition) is 3. The third-order valence-corrected chi connectivity index (χ3v) is 5.41. The standard InChI is InChI=1S/C23H27FN2O2/c1-3-15(2)20(13-22(25)27)23-26-19(14-28-23)12-18-11-17(9-10-21(18)24)16-7-5-4-6-8-16/h4-11,15,19-20H,3,12-14H2,1-2H3,(H2,25,27)/t15-,19-,20-/m0/s1. The summed E-state index contributed by atoms with van der Waals surface area (Å²) in [5.41, 5.74) is 8.05. The maximum atomic E-state index is 14.4. The van der Waals surface area contributed by atoms with Crippen molar-refractivity contribution in [2.45, 2.75) is 39.2 Å². The quantitative estimate of drug-likeness (QED) is 0.737. The zero-order chi connectivity index (χ0) is 20.1. The van der Waals surface area contributed by atoms with Gasteiger partial charge in [-0.05, 0) is 34.7 Å². The lowest BCUT2D eigenvalue weighted by Crippen LogP contribution is -2.28. The molecule has 3 rings (SSSR count). The SMILES string of the molecule is CC[C@H](C)[C@H](CC(N)=O)C1=N[C@@H](Cc2cc(-c3ccccc3)ccc2F)CO1. The number of carbonyl (C=O) groups excluding carboxylic acids is 1. The topological polar surface area (TPSA) is 64.7 Å². The van der Waals surface area contributed by atoms with Crippen LogP contribution < -0.4 is 5.73 Å². The fraction of sp³-hybridized carbons (Fsp3) is 0.391. The first-order chi connectivity index (χ1) is 13.5. The van der Waals surface area contributed by atoms with Crippen LogP contribution in [0.4, 0.5) is 4.39 Å².